The zero-order valence-corrected chi connectivity index (χ0v) is 13.8. The molecular weight excluding hydrogens is 342 g/mol. The van der Waals surface area contributed by atoms with E-state index >= 15 is 0 Å². The van der Waals surface area contributed by atoms with E-state index in [-0.39, 0.29) is 0 Å². The maximum atomic E-state index is 3.64. The lowest BCUT2D eigenvalue weighted by atomic mass is 10.0. The van der Waals surface area contributed by atoms with Crippen LogP contribution in [0.5, 0.6) is 0 Å². The van der Waals surface area contributed by atoms with Gasteiger partial charge in [-0.05, 0) is 31.2 Å². The standard InChI is InChI=1S/C14H21Br2N/c1-3-4-5-6-7-14(17-2)12-9-8-11(15)10-13(12)16/h8-10,14,17H,3-7H2,1-2H3. The van der Waals surface area contributed by atoms with Crippen LogP contribution in [0.2, 0.25) is 0 Å². The number of benzene rings is 1. The highest BCUT2D eigenvalue weighted by molar-refractivity contribution is 9.11. The lowest BCUT2D eigenvalue weighted by Crippen LogP contribution is -2.16. The molecule has 0 aliphatic carbocycles. The fraction of sp³-hybridized carbons (Fsp3) is 0.571. The van der Waals surface area contributed by atoms with Crippen LogP contribution in [0, 0.1) is 0 Å². The van der Waals surface area contributed by atoms with E-state index in [2.05, 4.69) is 62.3 Å². The molecule has 17 heavy (non-hydrogen) atoms. The van der Waals surface area contributed by atoms with Gasteiger partial charge in [0.15, 0.2) is 0 Å². The average molecular weight is 363 g/mol. The van der Waals surface area contributed by atoms with Crippen LogP contribution in [0.3, 0.4) is 0 Å². The summed E-state index contributed by atoms with van der Waals surface area (Å²) in [5.74, 6) is 0. The predicted octanol–water partition coefficient (Wildman–Crippen LogP) is 5.44. The Hall–Kier alpha value is 0.140. The topological polar surface area (TPSA) is 12.0 Å². The summed E-state index contributed by atoms with van der Waals surface area (Å²) in [6.07, 6.45) is 6.48. The number of rotatable bonds is 7. The molecule has 0 aromatic heterocycles. The molecule has 0 fully saturated rings. The van der Waals surface area contributed by atoms with Crippen molar-refractivity contribution < 1.29 is 0 Å². The maximum absolute atomic E-state index is 3.64. The van der Waals surface area contributed by atoms with Gasteiger partial charge in [-0.3, -0.25) is 0 Å². The Morgan fingerprint density at radius 2 is 1.94 bits per heavy atom. The molecule has 1 aromatic carbocycles. The molecule has 0 bridgehead atoms. The van der Waals surface area contributed by atoms with Crippen molar-refractivity contribution in [1.82, 2.24) is 5.32 Å². The largest absolute Gasteiger partial charge is 0.313 e. The third-order valence-corrected chi connectivity index (χ3v) is 4.21. The van der Waals surface area contributed by atoms with Gasteiger partial charge in [0, 0.05) is 15.0 Å². The molecule has 1 N–H and O–H groups in total. The maximum Gasteiger partial charge on any atom is 0.0328 e. The molecule has 1 aromatic rings. The molecule has 96 valence electrons. The summed E-state index contributed by atoms with van der Waals surface area (Å²) in [5.41, 5.74) is 1.35. The number of hydrogen-bond acceptors (Lipinski definition) is 1. The summed E-state index contributed by atoms with van der Waals surface area (Å²) >= 11 is 7.13. The van der Waals surface area contributed by atoms with Crippen LogP contribution in [0.25, 0.3) is 0 Å². The molecule has 0 heterocycles. The average Bonchev–Trinajstić information content (AvgIpc) is 2.31. The Kier molecular flexibility index (Phi) is 7.40. The van der Waals surface area contributed by atoms with Gasteiger partial charge in [0.25, 0.3) is 0 Å². The number of unbranched alkanes of at least 4 members (excludes halogenated alkanes) is 3. The van der Waals surface area contributed by atoms with Crippen molar-refractivity contribution in [3.63, 3.8) is 0 Å². The fourth-order valence-electron chi connectivity index (χ4n) is 2.01. The van der Waals surface area contributed by atoms with Crippen LogP contribution < -0.4 is 5.32 Å². The first kappa shape index (κ1) is 15.2. The SMILES string of the molecule is CCCCCCC(NC)c1ccc(Br)cc1Br. The molecule has 0 saturated heterocycles. The molecule has 0 aliphatic rings. The van der Waals surface area contributed by atoms with Crippen LogP contribution >= 0.6 is 31.9 Å². The summed E-state index contributed by atoms with van der Waals surface area (Å²) in [6.45, 7) is 2.25. The first-order valence-electron chi connectivity index (χ1n) is 6.31. The van der Waals surface area contributed by atoms with Crippen molar-refractivity contribution in [2.24, 2.45) is 0 Å². The number of nitrogens with one attached hydrogen (secondary N) is 1. The lowest BCUT2D eigenvalue weighted by molar-refractivity contribution is 0.504. The smallest absolute Gasteiger partial charge is 0.0328 e. The van der Waals surface area contributed by atoms with Crippen molar-refractivity contribution in [2.45, 2.75) is 45.1 Å². The van der Waals surface area contributed by atoms with Gasteiger partial charge in [-0.15, -0.1) is 0 Å². The molecular formula is C14H21Br2N. The van der Waals surface area contributed by atoms with E-state index in [1.165, 1.54) is 42.1 Å². The molecule has 1 rings (SSSR count). The normalized spacial score (nSPS) is 12.7. The Labute approximate surface area is 122 Å². The molecule has 1 unspecified atom stereocenters. The van der Waals surface area contributed by atoms with Crippen molar-refractivity contribution in [3.05, 3.63) is 32.7 Å². The van der Waals surface area contributed by atoms with E-state index in [0.717, 1.165) is 4.47 Å². The minimum atomic E-state index is 0.453. The Bertz CT molecular complexity index is 339. The zero-order valence-electron chi connectivity index (χ0n) is 10.6. The predicted molar refractivity (Wildman–Crippen MR) is 82.4 cm³/mol. The van der Waals surface area contributed by atoms with Gasteiger partial charge in [0.05, 0.1) is 0 Å². The quantitative estimate of drug-likeness (QED) is 0.636. The summed E-state index contributed by atoms with van der Waals surface area (Å²) in [4.78, 5) is 0. The fourth-order valence-corrected chi connectivity index (χ4v) is 3.34. The molecule has 0 aliphatic heterocycles. The van der Waals surface area contributed by atoms with Crippen LogP contribution in [0.1, 0.15) is 50.6 Å². The van der Waals surface area contributed by atoms with Gasteiger partial charge in [-0.2, -0.15) is 0 Å². The lowest BCUT2D eigenvalue weighted by Gasteiger charge is -2.18. The summed E-state index contributed by atoms with van der Waals surface area (Å²) in [7, 11) is 2.04. The third-order valence-electron chi connectivity index (χ3n) is 3.03. The number of hydrogen-bond donors (Lipinski definition) is 1. The third kappa shape index (κ3) is 5.11. The Morgan fingerprint density at radius 1 is 1.18 bits per heavy atom. The molecule has 0 spiro atoms. The molecule has 0 saturated carbocycles. The van der Waals surface area contributed by atoms with Gasteiger partial charge in [-0.1, -0.05) is 70.5 Å². The van der Waals surface area contributed by atoms with Crippen LogP contribution in [0.4, 0.5) is 0 Å². The van der Waals surface area contributed by atoms with Crippen molar-refractivity contribution in [1.29, 1.82) is 0 Å². The van der Waals surface area contributed by atoms with E-state index in [0.29, 0.717) is 6.04 Å². The second-order valence-corrected chi connectivity index (χ2v) is 6.13. The van der Waals surface area contributed by atoms with E-state index in [1.54, 1.807) is 0 Å². The summed E-state index contributed by atoms with van der Waals surface area (Å²) in [6, 6.07) is 6.87. The molecule has 1 nitrogen and oxygen atoms in total. The highest BCUT2D eigenvalue weighted by atomic mass is 79.9. The van der Waals surface area contributed by atoms with E-state index in [1.807, 2.05) is 7.05 Å². The minimum Gasteiger partial charge on any atom is -0.313 e. The van der Waals surface area contributed by atoms with Crippen LogP contribution in [0.15, 0.2) is 27.1 Å². The van der Waals surface area contributed by atoms with Crippen molar-refractivity contribution in [2.75, 3.05) is 7.05 Å². The molecule has 0 amide bonds. The first-order valence-corrected chi connectivity index (χ1v) is 7.89. The molecule has 1 atom stereocenters. The number of halogens is 2. The second kappa shape index (κ2) is 8.28. The van der Waals surface area contributed by atoms with E-state index < -0.39 is 0 Å². The Balaban J connectivity index is 2.59. The monoisotopic (exact) mass is 361 g/mol. The van der Waals surface area contributed by atoms with Gasteiger partial charge in [0.2, 0.25) is 0 Å². The zero-order chi connectivity index (χ0) is 12.7. The van der Waals surface area contributed by atoms with Gasteiger partial charge < -0.3 is 5.32 Å². The van der Waals surface area contributed by atoms with Crippen LogP contribution in [-0.4, -0.2) is 7.05 Å². The van der Waals surface area contributed by atoms with Crippen molar-refractivity contribution >= 4 is 31.9 Å². The summed E-state index contributed by atoms with van der Waals surface area (Å²) < 4.78 is 2.30. The summed E-state index contributed by atoms with van der Waals surface area (Å²) in [5, 5.41) is 3.41. The second-order valence-electron chi connectivity index (χ2n) is 4.36. The van der Waals surface area contributed by atoms with Gasteiger partial charge in [0.1, 0.15) is 0 Å². The van der Waals surface area contributed by atoms with Crippen LogP contribution in [-0.2, 0) is 0 Å². The van der Waals surface area contributed by atoms with E-state index in [4.69, 9.17) is 0 Å². The van der Waals surface area contributed by atoms with Crippen molar-refractivity contribution in [3.8, 4) is 0 Å². The molecule has 3 heteroatoms. The minimum absolute atomic E-state index is 0.453. The highest BCUT2D eigenvalue weighted by Crippen LogP contribution is 2.29. The van der Waals surface area contributed by atoms with E-state index in [9.17, 15) is 0 Å². The molecule has 0 radical (unpaired) electrons. The highest BCUT2D eigenvalue weighted by Gasteiger charge is 2.12. The van der Waals surface area contributed by atoms with Gasteiger partial charge in [-0.25, -0.2) is 0 Å². The van der Waals surface area contributed by atoms with Gasteiger partial charge >= 0.3 is 0 Å². The Morgan fingerprint density at radius 3 is 2.53 bits per heavy atom. The first-order chi connectivity index (χ1) is 8.19.